The maximum Gasteiger partial charge on any atom is 0.244 e. The summed E-state index contributed by atoms with van der Waals surface area (Å²) in [5.74, 6) is 0. The molecule has 1 aliphatic carbocycles. The Morgan fingerprint density at radius 1 is 1.20 bits per heavy atom. The fourth-order valence-electron chi connectivity index (χ4n) is 2.70. The van der Waals surface area contributed by atoms with Crippen LogP contribution in [0.5, 0.6) is 0 Å². The number of nitrogens with two attached hydrogens (primary N) is 1. The minimum Gasteiger partial charge on any atom is -0.399 e. The number of hydrogen-bond donors (Lipinski definition) is 1. The second-order valence-corrected chi connectivity index (χ2v) is 7.73. The zero-order valence-electron chi connectivity index (χ0n) is 11.7. The molecule has 0 bridgehead atoms. The van der Waals surface area contributed by atoms with Crippen LogP contribution in [-0.4, -0.2) is 25.8 Å². The number of anilines is 1. The van der Waals surface area contributed by atoms with E-state index < -0.39 is 10.0 Å². The zero-order chi connectivity index (χ0) is 14.8. The molecule has 0 saturated heterocycles. The van der Waals surface area contributed by atoms with Gasteiger partial charge in [0.1, 0.15) is 4.90 Å². The van der Waals surface area contributed by atoms with Gasteiger partial charge in [-0.25, -0.2) is 8.42 Å². The monoisotopic (exact) mass is 316 g/mol. The Kier molecular flexibility index (Phi) is 4.94. The van der Waals surface area contributed by atoms with E-state index in [9.17, 15) is 8.42 Å². The Balaban J connectivity index is 2.28. The average Bonchev–Trinajstić information content (AvgIpc) is 2.66. The molecule has 1 fully saturated rings. The second-order valence-electron chi connectivity index (χ2n) is 5.36. The topological polar surface area (TPSA) is 63.4 Å². The highest BCUT2D eigenvalue weighted by Crippen LogP contribution is 2.30. The van der Waals surface area contributed by atoms with Crippen molar-refractivity contribution in [1.29, 1.82) is 0 Å². The van der Waals surface area contributed by atoms with Crippen molar-refractivity contribution in [3.8, 4) is 0 Å². The highest BCUT2D eigenvalue weighted by atomic mass is 35.5. The second kappa shape index (κ2) is 6.33. The van der Waals surface area contributed by atoms with Crippen LogP contribution in [0.25, 0.3) is 0 Å². The van der Waals surface area contributed by atoms with Crippen LogP contribution in [0.4, 0.5) is 5.69 Å². The molecule has 1 saturated carbocycles. The lowest BCUT2D eigenvalue weighted by molar-refractivity contribution is 0.336. The van der Waals surface area contributed by atoms with E-state index in [-0.39, 0.29) is 16.0 Å². The molecule has 0 spiro atoms. The SMILES string of the molecule is CN(C1CCCCCC1)S(=O)(=O)c1ccc(N)cc1Cl. The summed E-state index contributed by atoms with van der Waals surface area (Å²) in [7, 11) is -1.91. The number of benzene rings is 1. The summed E-state index contributed by atoms with van der Waals surface area (Å²) in [6.45, 7) is 0. The molecule has 0 heterocycles. The van der Waals surface area contributed by atoms with Crippen molar-refractivity contribution in [2.75, 3.05) is 12.8 Å². The summed E-state index contributed by atoms with van der Waals surface area (Å²) in [4.78, 5) is 0.139. The van der Waals surface area contributed by atoms with Crippen LogP contribution in [-0.2, 0) is 10.0 Å². The van der Waals surface area contributed by atoms with Gasteiger partial charge in [-0.05, 0) is 31.0 Å². The van der Waals surface area contributed by atoms with Crippen LogP contribution in [0.2, 0.25) is 5.02 Å². The molecule has 2 N–H and O–H groups in total. The molecule has 4 nitrogen and oxygen atoms in total. The van der Waals surface area contributed by atoms with Crippen LogP contribution in [0, 0.1) is 0 Å². The van der Waals surface area contributed by atoms with Gasteiger partial charge in [-0.1, -0.05) is 37.3 Å². The van der Waals surface area contributed by atoms with E-state index in [1.54, 1.807) is 13.1 Å². The summed E-state index contributed by atoms with van der Waals surface area (Å²) in [5, 5.41) is 0.186. The van der Waals surface area contributed by atoms with Gasteiger partial charge in [0, 0.05) is 18.8 Å². The van der Waals surface area contributed by atoms with Crippen molar-refractivity contribution in [2.45, 2.75) is 49.5 Å². The molecule has 1 aromatic rings. The van der Waals surface area contributed by atoms with Crippen molar-refractivity contribution in [2.24, 2.45) is 0 Å². The van der Waals surface area contributed by atoms with Gasteiger partial charge in [-0.2, -0.15) is 4.31 Å². The smallest absolute Gasteiger partial charge is 0.244 e. The molecule has 0 aliphatic heterocycles. The van der Waals surface area contributed by atoms with Crippen LogP contribution in [0.1, 0.15) is 38.5 Å². The van der Waals surface area contributed by atoms with Crippen molar-refractivity contribution < 1.29 is 8.42 Å². The predicted molar refractivity (Wildman–Crippen MR) is 82.3 cm³/mol. The van der Waals surface area contributed by atoms with E-state index in [1.165, 1.54) is 29.3 Å². The zero-order valence-corrected chi connectivity index (χ0v) is 13.3. The first-order valence-corrected chi connectivity index (χ1v) is 8.78. The molecular formula is C14H21ClN2O2S. The van der Waals surface area contributed by atoms with Gasteiger partial charge in [0.15, 0.2) is 0 Å². The Hall–Kier alpha value is -0.780. The summed E-state index contributed by atoms with van der Waals surface area (Å²) in [5.41, 5.74) is 6.08. The number of rotatable bonds is 3. The average molecular weight is 317 g/mol. The molecule has 0 atom stereocenters. The van der Waals surface area contributed by atoms with Crippen molar-refractivity contribution >= 4 is 27.3 Å². The standard InChI is InChI=1S/C14H21ClN2O2S/c1-17(12-6-4-2-3-5-7-12)20(18,19)14-9-8-11(16)10-13(14)15/h8-10,12H,2-7,16H2,1H3. The van der Waals surface area contributed by atoms with Crippen LogP contribution >= 0.6 is 11.6 Å². The normalized spacial score (nSPS) is 18.1. The number of hydrogen-bond acceptors (Lipinski definition) is 3. The van der Waals surface area contributed by atoms with E-state index in [2.05, 4.69) is 0 Å². The van der Waals surface area contributed by atoms with Gasteiger partial charge in [0.25, 0.3) is 0 Å². The fraction of sp³-hybridized carbons (Fsp3) is 0.571. The fourth-order valence-corrected chi connectivity index (χ4v) is 4.64. The van der Waals surface area contributed by atoms with Crippen molar-refractivity contribution in [3.63, 3.8) is 0 Å². The third kappa shape index (κ3) is 3.27. The summed E-state index contributed by atoms with van der Waals surface area (Å²) < 4.78 is 26.8. The Morgan fingerprint density at radius 2 is 1.80 bits per heavy atom. The molecule has 112 valence electrons. The molecule has 0 radical (unpaired) electrons. The molecule has 6 heteroatoms. The van der Waals surface area contributed by atoms with Crippen molar-refractivity contribution in [1.82, 2.24) is 4.31 Å². The quantitative estimate of drug-likeness (QED) is 0.687. The minimum atomic E-state index is -3.56. The first-order valence-electron chi connectivity index (χ1n) is 6.96. The molecular weight excluding hydrogens is 296 g/mol. The lowest BCUT2D eigenvalue weighted by atomic mass is 10.1. The molecule has 1 aromatic carbocycles. The molecule has 0 aromatic heterocycles. The molecule has 2 rings (SSSR count). The van der Waals surface area contributed by atoms with Gasteiger partial charge in [-0.15, -0.1) is 0 Å². The van der Waals surface area contributed by atoms with Crippen molar-refractivity contribution in [3.05, 3.63) is 23.2 Å². The van der Waals surface area contributed by atoms with Crippen LogP contribution in [0.15, 0.2) is 23.1 Å². The third-order valence-electron chi connectivity index (χ3n) is 3.95. The summed E-state index contributed by atoms with van der Waals surface area (Å²) in [6.07, 6.45) is 6.38. The summed E-state index contributed by atoms with van der Waals surface area (Å²) >= 11 is 6.04. The first-order chi connectivity index (χ1) is 9.43. The van der Waals surface area contributed by atoms with Gasteiger partial charge in [0.2, 0.25) is 10.0 Å². The minimum absolute atomic E-state index is 0.0659. The number of sulfonamides is 1. The van der Waals surface area contributed by atoms with E-state index in [0.717, 1.165) is 25.7 Å². The van der Waals surface area contributed by atoms with E-state index in [1.807, 2.05) is 0 Å². The number of nitrogens with zero attached hydrogens (tertiary/aromatic N) is 1. The molecule has 1 aliphatic rings. The maximum absolute atomic E-state index is 12.7. The predicted octanol–water partition coefficient (Wildman–Crippen LogP) is 3.27. The lowest BCUT2D eigenvalue weighted by Crippen LogP contribution is -2.36. The van der Waals surface area contributed by atoms with Gasteiger partial charge < -0.3 is 5.73 Å². The van der Waals surface area contributed by atoms with Gasteiger partial charge in [-0.3, -0.25) is 0 Å². The van der Waals surface area contributed by atoms with Gasteiger partial charge in [0.05, 0.1) is 5.02 Å². The van der Waals surface area contributed by atoms with Gasteiger partial charge >= 0.3 is 0 Å². The van der Waals surface area contributed by atoms with Crippen LogP contribution < -0.4 is 5.73 Å². The third-order valence-corrected chi connectivity index (χ3v) is 6.34. The van der Waals surface area contributed by atoms with E-state index in [4.69, 9.17) is 17.3 Å². The van der Waals surface area contributed by atoms with Crippen LogP contribution in [0.3, 0.4) is 0 Å². The Morgan fingerprint density at radius 3 is 2.35 bits per heavy atom. The van der Waals surface area contributed by atoms with E-state index >= 15 is 0 Å². The lowest BCUT2D eigenvalue weighted by Gasteiger charge is -2.26. The molecule has 0 amide bonds. The van der Waals surface area contributed by atoms with E-state index in [0.29, 0.717) is 5.69 Å². The molecule has 20 heavy (non-hydrogen) atoms. The first kappa shape index (κ1) is 15.6. The Bertz CT molecular complexity index is 567. The largest absolute Gasteiger partial charge is 0.399 e. The molecule has 0 unspecified atom stereocenters. The highest BCUT2D eigenvalue weighted by molar-refractivity contribution is 7.89. The Labute approximate surface area is 126 Å². The number of nitrogen functional groups attached to an aromatic ring is 1. The summed E-state index contributed by atoms with van der Waals surface area (Å²) in [6, 6.07) is 4.60. The number of halogens is 1. The highest BCUT2D eigenvalue weighted by Gasteiger charge is 2.29. The maximum atomic E-state index is 12.7.